The van der Waals surface area contributed by atoms with Crippen LogP contribution in [0.4, 0.5) is 0 Å². The quantitative estimate of drug-likeness (QED) is 0.167. The number of unbranched alkanes of at least 4 members (excludes halogenated alkanes) is 5. The zero-order chi connectivity index (χ0) is 25.2. The second-order valence-corrected chi connectivity index (χ2v) is 9.64. The summed E-state index contributed by atoms with van der Waals surface area (Å²) in [6.07, 6.45) is 8.34. The number of fused-ring (bicyclic) bond motifs is 1. The molecule has 0 aliphatic carbocycles. The summed E-state index contributed by atoms with van der Waals surface area (Å²) >= 11 is 0. The highest BCUT2D eigenvalue weighted by atomic mass is 31.2. The van der Waals surface area contributed by atoms with Crippen molar-refractivity contribution in [1.29, 1.82) is 0 Å². The van der Waals surface area contributed by atoms with E-state index in [2.05, 4.69) is 29.6 Å². The van der Waals surface area contributed by atoms with Gasteiger partial charge in [-0.2, -0.15) is 0 Å². The molecule has 0 saturated carbocycles. The number of hydrogen-bond donors (Lipinski definition) is 2. The van der Waals surface area contributed by atoms with E-state index < -0.39 is 7.82 Å². The van der Waals surface area contributed by atoms with Gasteiger partial charge in [0.1, 0.15) is 11.9 Å². The number of hydrogen-bond acceptors (Lipinski definition) is 6. The Labute approximate surface area is 209 Å². The van der Waals surface area contributed by atoms with E-state index in [0.29, 0.717) is 33.0 Å². The maximum Gasteiger partial charge on any atom is 0.469 e. The van der Waals surface area contributed by atoms with Crippen LogP contribution in [0.15, 0.2) is 42.5 Å². The summed E-state index contributed by atoms with van der Waals surface area (Å²) in [4.78, 5) is 17.2. The molecule has 0 radical (unpaired) electrons. The fraction of sp³-hybridized carbons (Fsp3) is 0.615. The lowest BCUT2D eigenvalue weighted by Gasteiger charge is -2.20. The van der Waals surface area contributed by atoms with Crippen LogP contribution >= 0.6 is 7.82 Å². The van der Waals surface area contributed by atoms with Crippen LogP contribution in [0.25, 0.3) is 10.8 Å². The molecule has 0 spiro atoms. The lowest BCUT2D eigenvalue weighted by molar-refractivity contribution is -0.00935. The third-order valence-electron chi connectivity index (χ3n) is 5.46. The van der Waals surface area contributed by atoms with Crippen LogP contribution in [0.5, 0.6) is 5.75 Å². The summed E-state index contributed by atoms with van der Waals surface area (Å²) in [5, 5.41) is 2.27. The van der Waals surface area contributed by atoms with Gasteiger partial charge in [0, 0.05) is 5.39 Å². The molecule has 0 bridgehead atoms. The molecule has 0 heterocycles. The van der Waals surface area contributed by atoms with Crippen LogP contribution in [-0.2, 0) is 23.3 Å². The van der Waals surface area contributed by atoms with Gasteiger partial charge in [-0.1, -0.05) is 75.4 Å². The maximum absolute atomic E-state index is 10.6. The normalized spacial score (nSPS) is 12.8. The molecule has 0 aliphatic heterocycles. The molecule has 0 saturated heterocycles. The molecule has 2 aromatic rings. The molecular formula is C26H41O8P. The average Bonchev–Trinajstić information content (AvgIpc) is 2.84. The first kappa shape index (κ1) is 29.7. The van der Waals surface area contributed by atoms with E-state index in [0.717, 1.165) is 29.4 Å². The van der Waals surface area contributed by atoms with Crippen molar-refractivity contribution >= 4 is 18.6 Å². The highest BCUT2D eigenvalue weighted by Gasteiger charge is 2.14. The lowest BCUT2D eigenvalue weighted by atomic mass is 10.1. The van der Waals surface area contributed by atoms with Crippen molar-refractivity contribution in [3.8, 4) is 5.75 Å². The zero-order valence-corrected chi connectivity index (χ0v) is 21.7. The van der Waals surface area contributed by atoms with Crippen molar-refractivity contribution in [1.82, 2.24) is 0 Å². The molecule has 198 valence electrons. The Morgan fingerprint density at radius 2 is 1.40 bits per heavy atom. The first-order chi connectivity index (χ1) is 17.0. The molecule has 0 fully saturated rings. The van der Waals surface area contributed by atoms with Crippen LogP contribution in [0, 0.1) is 0 Å². The minimum Gasteiger partial charge on any atom is -0.487 e. The number of ether oxygens (including phenoxy) is 4. The van der Waals surface area contributed by atoms with E-state index in [9.17, 15) is 4.57 Å². The summed E-state index contributed by atoms with van der Waals surface area (Å²) in [7, 11) is -4.43. The van der Waals surface area contributed by atoms with E-state index >= 15 is 0 Å². The van der Waals surface area contributed by atoms with E-state index in [1.807, 2.05) is 24.3 Å². The van der Waals surface area contributed by atoms with Gasteiger partial charge in [0.15, 0.2) is 0 Å². The smallest absolute Gasteiger partial charge is 0.469 e. The Bertz CT molecular complexity index is 851. The molecule has 35 heavy (non-hydrogen) atoms. The van der Waals surface area contributed by atoms with Gasteiger partial charge >= 0.3 is 7.82 Å². The van der Waals surface area contributed by atoms with Crippen molar-refractivity contribution in [2.45, 2.75) is 58.0 Å². The second kappa shape index (κ2) is 17.8. The third kappa shape index (κ3) is 14.0. The Kier molecular flexibility index (Phi) is 15.2. The standard InChI is InChI=1S/C26H41O8P/c1-2-3-4-5-6-7-13-24(34-26-15-10-12-23-11-8-9-14-25(23)26)22-32-19-18-30-16-17-31-20-21-33-35(27,28)29/h8-12,14-15,24H,2-7,13,16-22H2,1H3,(H2,27,28,29). The van der Waals surface area contributed by atoms with Gasteiger partial charge in [0.05, 0.1) is 46.2 Å². The molecular weight excluding hydrogens is 471 g/mol. The Balaban J connectivity index is 1.68. The molecule has 0 aromatic heterocycles. The highest BCUT2D eigenvalue weighted by Crippen LogP contribution is 2.35. The van der Waals surface area contributed by atoms with Gasteiger partial charge < -0.3 is 28.7 Å². The molecule has 1 unspecified atom stereocenters. The summed E-state index contributed by atoms with van der Waals surface area (Å²) in [6.45, 7) is 4.22. The molecule has 2 N–H and O–H groups in total. The Morgan fingerprint density at radius 3 is 2.14 bits per heavy atom. The van der Waals surface area contributed by atoms with Crippen molar-refractivity contribution in [3.05, 3.63) is 42.5 Å². The summed E-state index contributed by atoms with van der Waals surface area (Å²) in [5.74, 6) is 0.888. The molecule has 0 amide bonds. The van der Waals surface area contributed by atoms with Gasteiger partial charge in [-0.3, -0.25) is 4.52 Å². The van der Waals surface area contributed by atoms with Crippen LogP contribution in [0.3, 0.4) is 0 Å². The predicted molar refractivity (Wildman–Crippen MR) is 137 cm³/mol. The monoisotopic (exact) mass is 512 g/mol. The number of benzene rings is 2. The van der Waals surface area contributed by atoms with Crippen LogP contribution in [0.2, 0.25) is 0 Å². The second-order valence-electron chi connectivity index (χ2n) is 8.40. The predicted octanol–water partition coefficient (Wildman–Crippen LogP) is 5.50. The van der Waals surface area contributed by atoms with Crippen LogP contribution in [-0.4, -0.2) is 62.1 Å². The van der Waals surface area contributed by atoms with Gasteiger partial charge in [-0.15, -0.1) is 0 Å². The summed E-state index contributed by atoms with van der Waals surface area (Å²) in [5.41, 5.74) is 0. The fourth-order valence-corrected chi connectivity index (χ4v) is 3.99. The van der Waals surface area contributed by atoms with E-state index in [4.69, 9.17) is 28.7 Å². The minimum absolute atomic E-state index is 0.0238. The van der Waals surface area contributed by atoms with Crippen molar-refractivity contribution in [2.75, 3.05) is 46.2 Å². The van der Waals surface area contributed by atoms with E-state index in [1.54, 1.807) is 0 Å². The van der Waals surface area contributed by atoms with Crippen LogP contribution < -0.4 is 4.74 Å². The molecule has 8 nitrogen and oxygen atoms in total. The number of phosphoric acid groups is 1. The van der Waals surface area contributed by atoms with Gasteiger partial charge in [0.25, 0.3) is 0 Å². The fourth-order valence-electron chi connectivity index (χ4n) is 3.68. The molecule has 1 atom stereocenters. The van der Waals surface area contributed by atoms with Crippen molar-refractivity contribution in [3.63, 3.8) is 0 Å². The summed E-state index contributed by atoms with van der Waals surface area (Å²) in [6, 6.07) is 14.4. The first-order valence-electron chi connectivity index (χ1n) is 12.6. The SMILES string of the molecule is CCCCCCCCC(COCCOCCOCCOP(=O)(O)O)Oc1cccc2ccccc12. The molecule has 2 rings (SSSR count). The summed E-state index contributed by atoms with van der Waals surface area (Å²) < 4.78 is 37.8. The average molecular weight is 513 g/mol. The van der Waals surface area contributed by atoms with Crippen molar-refractivity contribution in [2.24, 2.45) is 0 Å². The van der Waals surface area contributed by atoms with E-state index in [-0.39, 0.29) is 19.3 Å². The number of phosphoric ester groups is 1. The number of rotatable bonds is 21. The van der Waals surface area contributed by atoms with Gasteiger partial charge in [-0.25, -0.2) is 4.57 Å². The highest BCUT2D eigenvalue weighted by molar-refractivity contribution is 7.46. The van der Waals surface area contributed by atoms with Gasteiger partial charge in [0.2, 0.25) is 0 Å². The van der Waals surface area contributed by atoms with E-state index in [1.165, 1.54) is 32.1 Å². The topological polar surface area (TPSA) is 104 Å². The first-order valence-corrected chi connectivity index (χ1v) is 14.1. The Hall–Kier alpha value is -1.51. The van der Waals surface area contributed by atoms with Gasteiger partial charge in [-0.05, 0) is 24.3 Å². The molecule has 2 aromatic carbocycles. The molecule has 0 aliphatic rings. The zero-order valence-electron chi connectivity index (χ0n) is 20.8. The minimum atomic E-state index is -4.43. The largest absolute Gasteiger partial charge is 0.487 e. The maximum atomic E-state index is 10.6. The third-order valence-corrected chi connectivity index (χ3v) is 5.98. The van der Waals surface area contributed by atoms with Crippen molar-refractivity contribution < 1.29 is 37.8 Å². The van der Waals surface area contributed by atoms with Crippen LogP contribution in [0.1, 0.15) is 51.9 Å². The Morgan fingerprint density at radius 1 is 0.771 bits per heavy atom. The lowest BCUT2D eigenvalue weighted by Crippen LogP contribution is -2.24. The molecule has 9 heteroatoms.